The molecule has 1 saturated heterocycles. The smallest absolute Gasteiger partial charge is 0.319 e. The van der Waals surface area contributed by atoms with Gasteiger partial charge in [-0.15, -0.1) is 0 Å². The Kier molecular flexibility index (Phi) is 4.75. The number of rotatable bonds is 3. The summed E-state index contributed by atoms with van der Waals surface area (Å²) in [4.78, 5) is 11.8. The number of carbonyl (C=O) groups excluding carboxylic acids is 1. The Morgan fingerprint density at radius 1 is 1.45 bits per heavy atom. The molecular formula is C13H16Cl2N2O3. The Morgan fingerprint density at radius 3 is 2.85 bits per heavy atom. The van der Waals surface area contributed by atoms with Gasteiger partial charge in [-0.25, -0.2) is 4.79 Å². The van der Waals surface area contributed by atoms with Crippen LogP contribution in [0.4, 0.5) is 10.5 Å². The van der Waals surface area contributed by atoms with Gasteiger partial charge in [0.15, 0.2) is 5.79 Å². The molecule has 2 N–H and O–H groups in total. The van der Waals surface area contributed by atoms with E-state index in [2.05, 4.69) is 10.6 Å². The van der Waals surface area contributed by atoms with E-state index in [1.807, 2.05) is 13.8 Å². The van der Waals surface area contributed by atoms with Gasteiger partial charge in [-0.3, -0.25) is 0 Å². The normalized spacial score (nSPS) is 20.7. The highest BCUT2D eigenvalue weighted by Crippen LogP contribution is 2.25. The van der Waals surface area contributed by atoms with E-state index in [0.29, 0.717) is 28.9 Å². The highest BCUT2D eigenvalue weighted by Gasteiger charge is 2.32. The maximum absolute atomic E-state index is 11.8. The summed E-state index contributed by atoms with van der Waals surface area (Å²) in [5.41, 5.74) is 0.459. The monoisotopic (exact) mass is 318 g/mol. The van der Waals surface area contributed by atoms with Gasteiger partial charge in [0, 0.05) is 11.6 Å². The third-order valence-electron chi connectivity index (χ3n) is 2.73. The molecule has 1 fully saturated rings. The van der Waals surface area contributed by atoms with Gasteiger partial charge >= 0.3 is 6.03 Å². The highest BCUT2D eigenvalue weighted by atomic mass is 35.5. The lowest BCUT2D eigenvalue weighted by molar-refractivity contribution is -0.137. The van der Waals surface area contributed by atoms with Crippen molar-refractivity contribution < 1.29 is 14.3 Å². The molecule has 2 amide bonds. The fourth-order valence-corrected chi connectivity index (χ4v) is 2.17. The van der Waals surface area contributed by atoms with Crippen molar-refractivity contribution in [3.8, 4) is 0 Å². The van der Waals surface area contributed by atoms with E-state index < -0.39 is 5.79 Å². The molecule has 110 valence electrons. The number of urea groups is 1. The number of nitrogens with one attached hydrogen (secondary N) is 2. The fraction of sp³-hybridized carbons (Fsp3) is 0.462. The fourth-order valence-electron chi connectivity index (χ4n) is 1.83. The highest BCUT2D eigenvalue weighted by molar-refractivity contribution is 6.35. The Morgan fingerprint density at radius 2 is 2.20 bits per heavy atom. The first-order chi connectivity index (χ1) is 9.35. The van der Waals surface area contributed by atoms with Crippen molar-refractivity contribution in [2.75, 3.05) is 18.5 Å². The van der Waals surface area contributed by atoms with Crippen molar-refractivity contribution >= 4 is 34.9 Å². The molecule has 0 aromatic heterocycles. The van der Waals surface area contributed by atoms with E-state index >= 15 is 0 Å². The average molecular weight is 319 g/mol. The van der Waals surface area contributed by atoms with E-state index in [1.165, 1.54) is 0 Å². The summed E-state index contributed by atoms with van der Waals surface area (Å²) in [6.45, 7) is 4.47. The lowest BCUT2D eigenvalue weighted by atomic mass is 10.3. The van der Waals surface area contributed by atoms with Crippen molar-refractivity contribution in [3.05, 3.63) is 28.2 Å². The summed E-state index contributed by atoms with van der Waals surface area (Å²) in [5, 5.41) is 6.26. The van der Waals surface area contributed by atoms with Gasteiger partial charge in [0.1, 0.15) is 6.10 Å². The number of benzene rings is 1. The van der Waals surface area contributed by atoms with Crippen LogP contribution in [-0.4, -0.2) is 31.1 Å². The van der Waals surface area contributed by atoms with Crippen molar-refractivity contribution in [1.82, 2.24) is 5.32 Å². The minimum Gasteiger partial charge on any atom is -0.348 e. The van der Waals surface area contributed by atoms with Crippen LogP contribution in [0.1, 0.15) is 13.8 Å². The van der Waals surface area contributed by atoms with E-state index in [-0.39, 0.29) is 12.1 Å². The van der Waals surface area contributed by atoms with Gasteiger partial charge in [-0.1, -0.05) is 23.2 Å². The summed E-state index contributed by atoms with van der Waals surface area (Å²) < 4.78 is 11.0. The molecule has 1 heterocycles. The third-order valence-corrected chi connectivity index (χ3v) is 3.30. The molecule has 1 aliphatic rings. The number of amides is 2. The SMILES string of the molecule is CC1(C)OCC(CNC(=O)Nc2cc(Cl)ccc2Cl)O1. The predicted molar refractivity (Wildman–Crippen MR) is 78.4 cm³/mol. The molecule has 1 aromatic carbocycles. The molecule has 1 aliphatic heterocycles. The number of hydrogen-bond donors (Lipinski definition) is 2. The van der Waals surface area contributed by atoms with Crippen molar-refractivity contribution in [2.24, 2.45) is 0 Å². The number of carbonyl (C=O) groups is 1. The van der Waals surface area contributed by atoms with Crippen LogP contribution in [0.2, 0.25) is 10.0 Å². The Balaban J connectivity index is 1.83. The molecule has 0 aliphatic carbocycles. The number of halogens is 2. The molecule has 0 spiro atoms. The maximum atomic E-state index is 11.8. The molecule has 1 unspecified atom stereocenters. The lowest BCUT2D eigenvalue weighted by Crippen LogP contribution is -2.37. The molecule has 5 nitrogen and oxygen atoms in total. The van der Waals surface area contributed by atoms with Crippen LogP contribution in [0.15, 0.2) is 18.2 Å². The second-order valence-electron chi connectivity index (χ2n) is 4.91. The van der Waals surface area contributed by atoms with Gasteiger partial charge < -0.3 is 20.1 Å². The standard InChI is InChI=1S/C13H16Cl2N2O3/c1-13(2)19-7-9(20-13)6-16-12(18)17-11-5-8(14)3-4-10(11)15/h3-5,9H,6-7H2,1-2H3,(H2,16,17,18). The lowest BCUT2D eigenvalue weighted by Gasteiger charge is -2.17. The van der Waals surface area contributed by atoms with Gasteiger partial charge in [0.2, 0.25) is 0 Å². The Labute approximate surface area is 127 Å². The first-order valence-electron chi connectivity index (χ1n) is 6.17. The van der Waals surface area contributed by atoms with Crippen LogP contribution >= 0.6 is 23.2 Å². The van der Waals surface area contributed by atoms with E-state index in [9.17, 15) is 4.79 Å². The first-order valence-corrected chi connectivity index (χ1v) is 6.93. The number of anilines is 1. The summed E-state index contributed by atoms with van der Waals surface area (Å²) in [6, 6.07) is 4.48. The van der Waals surface area contributed by atoms with E-state index in [0.717, 1.165) is 0 Å². The van der Waals surface area contributed by atoms with Gasteiger partial charge in [-0.05, 0) is 32.0 Å². The van der Waals surface area contributed by atoms with Crippen LogP contribution in [0, 0.1) is 0 Å². The predicted octanol–water partition coefficient (Wildman–Crippen LogP) is 3.27. The van der Waals surface area contributed by atoms with Crippen molar-refractivity contribution in [3.63, 3.8) is 0 Å². The largest absolute Gasteiger partial charge is 0.348 e. The zero-order chi connectivity index (χ0) is 14.8. The van der Waals surface area contributed by atoms with Crippen LogP contribution in [-0.2, 0) is 9.47 Å². The summed E-state index contributed by atoms with van der Waals surface area (Å²) >= 11 is 11.8. The molecule has 1 aromatic rings. The molecular weight excluding hydrogens is 303 g/mol. The zero-order valence-electron chi connectivity index (χ0n) is 11.2. The summed E-state index contributed by atoms with van der Waals surface area (Å²) in [6.07, 6.45) is -0.161. The molecule has 0 saturated carbocycles. The first kappa shape index (κ1) is 15.4. The molecule has 0 bridgehead atoms. The topological polar surface area (TPSA) is 59.6 Å². The van der Waals surface area contributed by atoms with Crippen LogP contribution < -0.4 is 10.6 Å². The Hall–Kier alpha value is -1.01. The van der Waals surface area contributed by atoms with Crippen LogP contribution in [0.3, 0.4) is 0 Å². The zero-order valence-corrected chi connectivity index (χ0v) is 12.7. The van der Waals surface area contributed by atoms with Crippen molar-refractivity contribution in [2.45, 2.75) is 25.7 Å². The maximum Gasteiger partial charge on any atom is 0.319 e. The van der Waals surface area contributed by atoms with E-state index in [4.69, 9.17) is 32.7 Å². The van der Waals surface area contributed by atoms with Crippen LogP contribution in [0.25, 0.3) is 0 Å². The van der Waals surface area contributed by atoms with Gasteiger partial charge in [-0.2, -0.15) is 0 Å². The van der Waals surface area contributed by atoms with Crippen molar-refractivity contribution in [1.29, 1.82) is 0 Å². The second-order valence-corrected chi connectivity index (χ2v) is 5.75. The molecule has 7 heteroatoms. The minimum atomic E-state index is -0.598. The molecule has 2 rings (SSSR count). The molecule has 1 atom stereocenters. The molecule has 0 radical (unpaired) electrons. The third kappa shape index (κ3) is 4.24. The number of hydrogen-bond acceptors (Lipinski definition) is 3. The Bertz CT molecular complexity index is 508. The second kappa shape index (κ2) is 6.18. The molecule has 20 heavy (non-hydrogen) atoms. The van der Waals surface area contributed by atoms with Crippen LogP contribution in [0.5, 0.6) is 0 Å². The van der Waals surface area contributed by atoms with Gasteiger partial charge in [0.25, 0.3) is 0 Å². The van der Waals surface area contributed by atoms with Gasteiger partial charge in [0.05, 0.1) is 17.3 Å². The average Bonchev–Trinajstić information content (AvgIpc) is 2.71. The quantitative estimate of drug-likeness (QED) is 0.899. The number of ether oxygens (including phenoxy) is 2. The minimum absolute atomic E-state index is 0.161. The van der Waals surface area contributed by atoms with E-state index in [1.54, 1.807) is 18.2 Å². The summed E-state index contributed by atoms with van der Waals surface area (Å²) in [7, 11) is 0. The summed E-state index contributed by atoms with van der Waals surface area (Å²) in [5.74, 6) is -0.598.